The van der Waals surface area contributed by atoms with Gasteiger partial charge in [-0.15, -0.1) is 0 Å². The fourth-order valence-electron chi connectivity index (χ4n) is 4.13. The van der Waals surface area contributed by atoms with Crippen molar-refractivity contribution in [2.24, 2.45) is 0 Å². The number of furan rings is 2. The molecule has 2 N–H and O–H groups in total. The van der Waals surface area contributed by atoms with Crippen molar-refractivity contribution in [2.75, 3.05) is 13.7 Å². The molecule has 1 aromatic carbocycles. The second-order valence-electron chi connectivity index (χ2n) is 7.46. The van der Waals surface area contributed by atoms with Gasteiger partial charge in [0.2, 0.25) is 5.78 Å². The van der Waals surface area contributed by atoms with Gasteiger partial charge in [-0.1, -0.05) is 0 Å². The Morgan fingerprint density at radius 1 is 1.19 bits per heavy atom. The Bertz CT molecular complexity index is 1310. The first-order chi connectivity index (χ1) is 15.6. The molecule has 8 nitrogen and oxygen atoms in total. The van der Waals surface area contributed by atoms with Crippen molar-refractivity contribution in [2.45, 2.75) is 12.5 Å². The number of hydrogen-bond donors (Lipinski definition) is 2. The van der Waals surface area contributed by atoms with Gasteiger partial charge in [-0.2, -0.15) is 0 Å². The molecule has 8 heteroatoms. The topological polar surface area (TPSA) is 109 Å². The summed E-state index contributed by atoms with van der Waals surface area (Å²) >= 11 is 0. The Balaban J connectivity index is 1.47. The average Bonchev–Trinajstić information content (AvgIpc) is 3.60. The number of hydrogen-bond acceptors (Lipinski definition) is 6. The van der Waals surface area contributed by atoms with Crippen molar-refractivity contribution in [1.29, 1.82) is 0 Å². The molecule has 1 atom stereocenters. The van der Waals surface area contributed by atoms with Crippen LogP contribution >= 0.6 is 0 Å². The number of carbonyl (C=O) groups excluding carboxylic acids is 2. The van der Waals surface area contributed by atoms with Crippen LogP contribution in [0.15, 0.2) is 81.4 Å². The molecule has 1 unspecified atom stereocenters. The fraction of sp³-hybridized carbons (Fsp3) is 0.167. The number of fused-ring (bicyclic) bond motifs is 1. The van der Waals surface area contributed by atoms with Gasteiger partial charge < -0.3 is 28.6 Å². The Kier molecular flexibility index (Phi) is 4.82. The number of aliphatic hydroxyl groups excluding tert-OH is 1. The summed E-state index contributed by atoms with van der Waals surface area (Å²) in [5, 5.41) is 11.6. The van der Waals surface area contributed by atoms with Crippen molar-refractivity contribution >= 4 is 22.6 Å². The van der Waals surface area contributed by atoms with Crippen molar-refractivity contribution in [3.63, 3.8) is 0 Å². The van der Waals surface area contributed by atoms with Gasteiger partial charge in [0.25, 0.3) is 5.91 Å². The third-order valence-electron chi connectivity index (χ3n) is 5.70. The maximum Gasteiger partial charge on any atom is 0.290 e. The number of aromatic amines is 1. The summed E-state index contributed by atoms with van der Waals surface area (Å²) in [7, 11) is 1.61. The number of ether oxygens (including phenoxy) is 1. The van der Waals surface area contributed by atoms with Crippen LogP contribution in [0.25, 0.3) is 10.9 Å². The van der Waals surface area contributed by atoms with E-state index in [0.717, 1.165) is 22.2 Å². The zero-order valence-corrected chi connectivity index (χ0v) is 17.2. The quantitative estimate of drug-likeness (QED) is 0.424. The SMILES string of the molecule is COc1ccc2[nH]cc(CCN3C(=O)C(O)=C(C(=O)c4ccco4)C3c3ccco3)c2c1. The molecular weight excluding hydrogens is 412 g/mol. The second kappa shape index (κ2) is 7.81. The van der Waals surface area contributed by atoms with Gasteiger partial charge in [-0.05, 0) is 54.4 Å². The van der Waals surface area contributed by atoms with E-state index in [4.69, 9.17) is 13.6 Å². The first kappa shape index (κ1) is 19.7. The van der Waals surface area contributed by atoms with Gasteiger partial charge in [-0.25, -0.2) is 0 Å². The smallest absolute Gasteiger partial charge is 0.290 e. The molecule has 1 aliphatic rings. The number of aliphatic hydroxyl groups is 1. The van der Waals surface area contributed by atoms with E-state index < -0.39 is 23.5 Å². The molecule has 1 aliphatic heterocycles. The average molecular weight is 432 g/mol. The lowest BCUT2D eigenvalue weighted by Gasteiger charge is -2.24. The number of carbonyl (C=O) groups is 2. The van der Waals surface area contributed by atoms with Gasteiger partial charge >= 0.3 is 0 Å². The molecule has 5 rings (SSSR count). The molecule has 0 radical (unpaired) electrons. The van der Waals surface area contributed by atoms with E-state index in [-0.39, 0.29) is 17.9 Å². The van der Waals surface area contributed by atoms with Crippen molar-refractivity contribution in [1.82, 2.24) is 9.88 Å². The highest BCUT2D eigenvalue weighted by molar-refractivity contribution is 6.14. The molecule has 3 aromatic heterocycles. The fourth-order valence-corrected chi connectivity index (χ4v) is 4.13. The Morgan fingerprint density at radius 3 is 2.72 bits per heavy atom. The summed E-state index contributed by atoms with van der Waals surface area (Å²) in [6, 6.07) is 11.3. The zero-order valence-electron chi connectivity index (χ0n) is 17.2. The Morgan fingerprint density at radius 2 is 2.00 bits per heavy atom. The number of Topliss-reactive ketones (excluding diaryl/α,β-unsaturated/α-hetero) is 1. The van der Waals surface area contributed by atoms with E-state index in [0.29, 0.717) is 12.2 Å². The summed E-state index contributed by atoms with van der Waals surface area (Å²) in [6.07, 6.45) is 5.21. The van der Waals surface area contributed by atoms with Gasteiger partial charge in [0.05, 0.1) is 25.2 Å². The molecule has 1 amide bonds. The van der Waals surface area contributed by atoms with Gasteiger partial charge in [0.15, 0.2) is 11.5 Å². The molecule has 4 heterocycles. The van der Waals surface area contributed by atoms with E-state index in [9.17, 15) is 14.7 Å². The maximum absolute atomic E-state index is 13.0. The number of H-pyrrole nitrogens is 1. The van der Waals surface area contributed by atoms with E-state index in [2.05, 4.69) is 4.98 Å². The monoisotopic (exact) mass is 432 g/mol. The van der Waals surface area contributed by atoms with E-state index in [1.165, 1.54) is 23.5 Å². The summed E-state index contributed by atoms with van der Waals surface area (Å²) < 4.78 is 16.1. The number of ketones is 1. The number of methoxy groups -OCH3 is 1. The van der Waals surface area contributed by atoms with Crippen molar-refractivity contribution < 1.29 is 28.3 Å². The van der Waals surface area contributed by atoms with Gasteiger partial charge in [0.1, 0.15) is 17.6 Å². The Hall–Kier alpha value is -4.20. The standard InChI is InChI=1S/C24H20N2O6/c1-30-15-6-7-17-16(12-15)14(13-25-17)8-9-26-21(18-4-2-10-31-18)20(23(28)24(26)29)22(27)19-5-3-11-32-19/h2-7,10-13,21,25,28H,8-9H2,1H3. The predicted molar refractivity (Wildman–Crippen MR) is 114 cm³/mol. The number of rotatable bonds is 7. The minimum Gasteiger partial charge on any atom is -0.503 e. The lowest BCUT2D eigenvalue weighted by atomic mass is 9.99. The predicted octanol–water partition coefficient (Wildman–Crippen LogP) is 4.18. The summed E-state index contributed by atoms with van der Waals surface area (Å²) in [6.45, 7) is 0.257. The highest BCUT2D eigenvalue weighted by atomic mass is 16.5. The minimum atomic E-state index is -0.852. The van der Waals surface area contributed by atoms with Crippen LogP contribution in [0, 0.1) is 0 Å². The summed E-state index contributed by atoms with van der Waals surface area (Å²) in [5.41, 5.74) is 1.88. The number of nitrogens with one attached hydrogen (secondary N) is 1. The maximum atomic E-state index is 13.0. The largest absolute Gasteiger partial charge is 0.503 e. The van der Waals surface area contributed by atoms with E-state index >= 15 is 0 Å². The minimum absolute atomic E-state index is 0.0430. The van der Waals surface area contributed by atoms with Crippen molar-refractivity contribution in [3.05, 3.63) is 89.6 Å². The molecule has 0 spiro atoms. The molecule has 0 saturated heterocycles. The first-order valence-electron chi connectivity index (χ1n) is 10.1. The molecular formula is C24H20N2O6. The van der Waals surface area contributed by atoms with Crippen LogP contribution in [0.1, 0.15) is 27.9 Å². The molecule has 0 fully saturated rings. The summed E-state index contributed by atoms with van der Waals surface area (Å²) in [5.74, 6) is -0.609. The number of amides is 1. The van der Waals surface area contributed by atoms with E-state index in [1.54, 1.807) is 25.3 Å². The van der Waals surface area contributed by atoms with Gasteiger partial charge in [0, 0.05) is 23.6 Å². The molecule has 0 bridgehead atoms. The van der Waals surface area contributed by atoms with Crippen LogP contribution in [-0.2, 0) is 11.2 Å². The second-order valence-corrected chi connectivity index (χ2v) is 7.46. The molecule has 32 heavy (non-hydrogen) atoms. The first-order valence-corrected chi connectivity index (χ1v) is 10.1. The molecule has 4 aromatic rings. The van der Waals surface area contributed by atoms with Crippen LogP contribution in [0.5, 0.6) is 5.75 Å². The van der Waals surface area contributed by atoms with Crippen LogP contribution in [0.3, 0.4) is 0 Å². The van der Waals surface area contributed by atoms with E-state index in [1.807, 2.05) is 24.4 Å². The number of aromatic nitrogens is 1. The highest BCUT2D eigenvalue weighted by Crippen LogP contribution is 2.39. The third kappa shape index (κ3) is 3.17. The van der Waals surface area contributed by atoms with Crippen LogP contribution in [-0.4, -0.2) is 40.3 Å². The number of nitrogens with zero attached hydrogens (tertiary/aromatic N) is 1. The van der Waals surface area contributed by atoms with Crippen LogP contribution < -0.4 is 4.74 Å². The van der Waals surface area contributed by atoms with Crippen LogP contribution in [0.4, 0.5) is 0 Å². The zero-order chi connectivity index (χ0) is 22.2. The molecule has 0 aliphatic carbocycles. The third-order valence-corrected chi connectivity index (χ3v) is 5.70. The van der Waals surface area contributed by atoms with Crippen molar-refractivity contribution in [3.8, 4) is 5.75 Å². The molecule has 0 saturated carbocycles. The summed E-state index contributed by atoms with van der Waals surface area (Å²) in [4.78, 5) is 30.7. The highest BCUT2D eigenvalue weighted by Gasteiger charge is 2.45. The van der Waals surface area contributed by atoms with Crippen LogP contribution in [0.2, 0.25) is 0 Å². The lowest BCUT2D eigenvalue weighted by Crippen LogP contribution is -2.32. The van der Waals surface area contributed by atoms with Gasteiger partial charge in [-0.3, -0.25) is 9.59 Å². The Labute approximate surface area is 182 Å². The normalized spacial score (nSPS) is 16.3. The number of benzene rings is 1. The lowest BCUT2D eigenvalue weighted by molar-refractivity contribution is -0.129. The molecule has 162 valence electrons.